The van der Waals surface area contributed by atoms with Gasteiger partial charge in [-0.25, -0.2) is 14.2 Å². The van der Waals surface area contributed by atoms with E-state index in [1.165, 1.54) is 0 Å². The van der Waals surface area contributed by atoms with Gasteiger partial charge < -0.3 is 14.7 Å². The molecule has 2 heterocycles. The van der Waals surface area contributed by atoms with Crippen LogP contribution in [0.4, 0.5) is 9.59 Å². The summed E-state index contributed by atoms with van der Waals surface area (Å²) in [6.07, 6.45) is 3.15. The number of aromatic nitrogens is 2. The number of nitrogens with zero attached hydrogens (tertiary/aromatic N) is 6. The molecule has 1 amide bonds. The minimum absolute atomic E-state index is 0.0747. The SMILES string of the molecule is CC(C)(C)OC(=O)N(Cc1cc2ncc(CN=[N+]=[N-])cc2n1C(=O)O)CC1CCC1. The lowest BCUT2D eigenvalue weighted by Crippen LogP contribution is -2.41. The zero-order chi connectivity index (χ0) is 21.9. The third-order valence-corrected chi connectivity index (χ3v) is 5.00. The van der Waals surface area contributed by atoms with Crippen LogP contribution in [-0.4, -0.2) is 43.9 Å². The summed E-state index contributed by atoms with van der Waals surface area (Å²) in [5, 5.41) is 13.3. The number of pyridine rings is 1. The minimum Gasteiger partial charge on any atom is -0.464 e. The van der Waals surface area contributed by atoms with Crippen LogP contribution in [0.1, 0.15) is 51.3 Å². The number of azide groups is 1. The molecule has 0 radical (unpaired) electrons. The monoisotopic (exact) mass is 414 g/mol. The number of fused-ring (bicyclic) bond motifs is 1. The molecule has 1 saturated carbocycles. The Morgan fingerprint density at radius 3 is 2.70 bits per heavy atom. The van der Waals surface area contributed by atoms with Crippen LogP contribution in [0.15, 0.2) is 23.4 Å². The predicted octanol–water partition coefficient (Wildman–Crippen LogP) is 4.91. The Bertz CT molecular complexity index is 999. The normalized spacial score (nSPS) is 14.1. The van der Waals surface area contributed by atoms with Gasteiger partial charge in [-0.15, -0.1) is 0 Å². The number of ether oxygens (including phenoxy) is 1. The summed E-state index contributed by atoms with van der Waals surface area (Å²) in [5.74, 6) is 0.397. The number of carbonyl (C=O) groups is 2. The van der Waals surface area contributed by atoms with Gasteiger partial charge in [0.1, 0.15) is 5.60 Å². The fourth-order valence-electron chi connectivity index (χ4n) is 3.43. The van der Waals surface area contributed by atoms with Crippen molar-refractivity contribution in [2.75, 3.05) is 6.54 Å². The fraction of sp³-hybridized carbons (Fsp3) is 0.550. The van der Waals surface area contributed by atoms with Crippen LogP contribution in [-0.2, 0) is 17.8 Å². The molecule has 0 saturated heterocycles. The molecule has 0 aliphatic heterocycles. The zero-order valence-electron chi connectivity index (χ0n) is 17.4. The number of carboxylic acid groups (broad SMARTS) is 1. The van der Waals surface area contributed by atoms with Gasteiger partial charge in [0.2, 0.25) is 0 Å². The lowest BCUT2D eigenvalue weighted by atomic mass is 9.85. The van der Waals surface area contributed by atoms with Crippen LogP contribution in [0.2, 0.25) is 0 Å². The summed E-state index contributed by atoms with van der Waals surface area (Å²) in [7, 11) is 0. The zero-order valence-corrected chi connectivity index (χ0v) is 17.4. The van der Waals surface area contributed by atoms with Crippen molar-refractivity contribution in [1.29, 1.82) is 0 Å². The molecule has 0 unspecified atom stereocenters. The topological polar surface area (TPSA) is 133 Å². The molecule has 1 N–H and O–H groups in total. The molecule has 10 heteroatoms. The van der Waals surface area contributed by atoms with Gasteiger partial charge in [-0.05, 0) is 62.8 Å². The van der Waals surface area contributed by atoms with Crippen LogP contribution in [0.3, 0.4) is 0 Å². The molecule has 0 aromatic carbocycles. The van der Waals surface area contributed by atoms with Crippen LogP contribution >= 0.6 is 0 Å². The van der Waals surface area contributed by atoms with E-state index in [2.05, 4.69) is 15.0 Å². The van der Waals surface area contributed by atoms with Gasteiger partial charge in [-0.1, -0.05) is 11.5 Å². The molecule has 160 valence electrons. The fourth-order valence-corrected chi connectivity index (χ4v) is 3.43. The number of amides is 1. The molecule has 2 aromatic heterocycles. The molecule has 1 aliphatic carbocycles. The molecule has 0 spiro atoms. The Balaban J connectivity index is 1.95. The molecule has 2 aromatic rings. The maximum Gasteiger partial charge on any atom is 0.416 e. The van der Waals surface area contributed by atoms with E-state index in [0.29, 0.717) is 34.8 Å². The van der Waals surface area contributed by atoms with Gasteiger partial charge in [-0.3, -0.25) is 4.98 Å². The van der Waals surface area contributed by atoms with Gasteiger partial charge in [0, 0.05) is 17.7 Å². The second-order valence-electron chi connectivity index (χ2n) is 8.55. The standard InChI is InChI=1S/C20H26N6O4/c1-20(2,3)30-19(29)25(11-13-5-4-6-13)12-15-8-16-17(26(15)18(27)28)7-14(9-22-16)10-23-24-21/h7-9,13H,4-6,10-12H2,1-3H3,(H,27,28). The van der Waals surface area contributed by atoms with Crippen molar-refractivity contribution in [2.24, 2.45) is 11.0 Å². The van der Waals surface area contributed by atoms with E-state index in [-0.39, 0.29) is 13.1 Å². The highest BCUT2D eigenvalue weighted by Gasteiger charge is 2.29. The van der Waals surface area contributed by atoms with E-state index in [0.717, 1.165) is 23.8 Å². The largest absolute Gasteiger partial charge is 0.464 e. The minimum atomic E-state index is -1.17. The summed E-state index contributed by atoms with van der Waals surface area (Å²) in [6.45, 7) is 6.10. The Kier molecular flexibility index (Phi) is 6.17. The van der Waals surface area contributed by atoms with Crippen LogP contribution < -0.4 is 0 Å². The van der Waals surface area contributed by atoms with E-state index in [9.17, 15) is 14.7 Å². The Morgan fingerprint density at radius 1 is 1.40 bits per heavy atom. The van der Waals surface area contributed by atoms with Crippen molar-refractivity contribution in [3.63, 3.8) is 0 Å². The summed E-state index contributed by atoms with van der Waals surface area (Å²) >= 11 is 0. The van der Waals surface area contributed by atoms with Crippen molar-refractivity contribution in [1.82, 2.24) is 14.5 Å². The average molecular weight is 414 g/mol. The third kappa shape index (κ3) is 5.01. The van der Waals surface area contributed by atoms with Crippen LogP contribution in [0.25, 0.3) is 21.5 Å². The highest BCUT2D eigenvalue weighted by atomic mass is 16.6. The van der Waals surface area contributed by atoms with E-state index >= 15 is 0 Å². The molecule has 3 rings (SSSR count). The molecule has 1 fully saturated rings. The van der Waals surface area contributed by atoms with Gasteiger partial charge in [-0.2, -0.15) is 0 Å². The number of hydrogen-bond acceptors (Lipinski definition) is 5. The van der Waals surface area contributed by atoms with Crippen LogP contribution in [0.5, 0.6) is 0 Å². The van der Waals surface area contributed by atoms with Gasteiger partial charge in [0.25, 0.3) is 0 Å². The Hall–Kier alpha value is -3.26. The molecule has 0 atom stereocenters. The third-order valence-electron chi connectivity index (χ3n) is 5.00. The van der Waals surface area contributed by atoms with Gasteiger partial charge >= 0.3 is 12.2 Å². The Morgan fingerprint density at radius 2 is 2.13 bits per heavy atom. The van der Waals surface area contributed by atoms with Gasteiger partial charge in [0.05, 0.1) is 29.8 Å². The molecule has 30 heavy (non-hydrogen) atoms. The first-order valence-corrected chi connectivity index (χ1v) is 9.89. The number of hydrogen-bond donors (Lipinski definition) is 1. The summed E-state index contributed by atoms with van der Waals surface area (Å²) in [5.41, 5.74) is 9.76. The van der Waals surface area contributed by atoms with E-state index in [1.54, 1.807) is 44.0 Å². The molecule has 0 bridgehead atoms. The smallest absolute Gasteiger partial charge is 0.416 e. The van der Waals surface area contributed by atoms with E-state index in [4.69, 9.17) is 10.3 Å². The lowest BCUT2D eigenvalue weighted by Gasteiger charge is -2.33. The van der Waals surface area contributed by atoms with Crippen molar-refractivity contribution in [3.05, 3.63) is 40.0 Å². The quantitative estimate of drug-likeness (QED) is 0.407. The summed E-state index contributed by atoms with van der Waals surface area (Å²) < 4.78 is 6.67. The molecular weight excluding hydrogens is 388 g/mol. The summed E-state index contributed by atoms with van der Waals surface area (Å²) in [4.78, 5) is 33.4. The van der Waals surface area contributed by atoms with E-state index in [1.807, 2.05) is 0 Å². The molecule has 10 nitrogen and oxygen atoms in total. The summed E-state index contributed by atoms with van der Waals surface area (Å²) in [6, 6.07) is 3.30. The highest BCUT2D eigenvalue weighted by Crippen LogP contribution is 2.29. The Labute approximate surface area is 174 Å². The maximum absolute atomic E-state index is 12.8. The second-order valence-corrected chi connectivity index (χ2v) is 8.55. The number of carbonyl (C=O) groups excluding carboxylic acids is 1. The van der Waals surface area contributed by atoms with Crippen LogP contribution in [0, 0.1) is 5.92 Å². The van der Waals surface area contributed by atoms with Gasteiger partial charge in [0.15, 0.2) is 0 Å². The molecule has 1 aliphatic rings. The van der Waals surface area contributed by atoms with Crippen molar-refractivity contribution < 1.29 is 19.4 Å². The molecular formula is C20H26N6O4. The second kappa shape index (κ2) is 8.62. The van der Waals surface area contributed by atoms with Crippen molar-refractivity contribution >= 4 is 23.2 Å². The van der Waals surface area contributed by atoms with Crippen molar-refractivity contribution in [2.45, 2.75) is 58.7 Å². The van der Waals surface area contributed by atoms with Crippen molar-refractivity contribution in [3.8, 4) is 0 Å². The lowest BCUT2D eigenvalue weighted by molar-refractivity contribution is 0.0168. The first kappa shape index (κ1) is 21.4. The average Bonchev–Trinajstić information content (AvgIpc) is 2.97. The highest BCUT2D eigenvalue weighted by molar-refractivity contribution is 5.88. The predicted molar refractivity (Wildman–Crippen MR) is 110 cm³/mol. The first-order chi connectivity index (χ1) is 14.2. The first-order valence-electron chi connectivity index (χ1n) is 9.89. The van der Waals surface area contributed by atoms with E-state index < -0.39 is 17.8 Å². The number of rotatable bonds is 6. The maximum atomic E-state index is 12.8.